The van der Waals surface area contributed by atoms with Crippen molar-refractivity contribution in [3.8, 4) is 0 Å². The molecule has 2 N–H and O–H groups in total. The largest absolute Gasteiger partial charge is 0.357 e. The first kappa shape index (κ1) is 26.0. The third-order valence-corrected chi connectivity index (χ3v) is 7.52. The number of halogens is 2. The Morgan fingerprint density at radius 1 is 1.34 bits per heavy atom. The molecule has 7 nitrogen and oxygen atoms in total. The van der Waals surface area contributed by atoms with Gasteiger partial charge < -0.3 is 15.5 Å². The molecule has 10 heteroatoms. The van der Waals surface area contributed by atoms with E-state index in [0.29, 0.717) is 42.8 Å². The first-order chi connectivity index (χ1) is 13.1. The number of amides is 1. The van der Waals surface area contributed by atoms with Crippen molar-refractivity contribution in [3.63, 3.8) is 0 Å². The van der Waals surface area contributed by atoms with Crippen molar-refractivity contribution in [2.45, 2.75) is 38.9 Å². The molecule has 1 aromatic rings. The standard InChI is InChI=1S/C19H29ClN4O3S.HI/c1-5-21-18(24-10-11-28(26,27)19(3,4)13-24)22-9-8-17(25)23-16-7-6-14(2)12-15(16)20;/h6-7,12H,5,8-11,13H2,1-4H3,(H,21,22)(H,23,25);1H. The third kappa shape index (κ3) is 6.99. The number of anilines is 1. The van der Waals surface area contributed by atoms with Crippen LogP contribution < -0.4 is 10.6 Å². The van der Waals surface area contributed by atoms with Gasteiger partial charge in [-0.15, -0.1) is 24.0 Å². The Morgan fingerprint density at radius 2 is 2.03 bits per heavy atom. The summed E-state index contributed by atoms with van der Waals surface area (Å²) in [7, 11) is -3.12. The molecule has 1 heterocycles. The monoisotopic (exact) mass is 556 g/mol. The lowest BCUT2D eigenvalue weighted by atomic mass is 10.2. The van der Waals surface area contributed by atoms with Crippen LogP contribution in [0.1, 0.15) is 32.8 Å². The molecule has 1 saturated heterocycles. The zero-order chi connectivity index (χ0) is 20.9. The summed E-state index contributed by atoms with van der Waals surface area (Å²) < 4.78 is 23.6. The minimum atomic E-state index is -3.12. The number of hydrogen-bond acceptors (Lipinski definition) is 4. The average molecular weight is 557 g/mol. The fourth-order valence-corrected chi connectivity index (χ4v) is 4.60. The van der Waals surface area contributed by atoms with E-state index in [1.54, 1.807) is 26.0 Å². The molecular formula is C19H30ClIN4O3S. The van der Waals surface area contributed by atoms with Gasteiger partial charge in [0.15, 0.2) is 15.8 Å². The van der Waals surface area contributed by atoms with Gasteiger partial charge in [-0.25, -0.2) is 8.42 Å². The maximum absolute atomic E-state index is 12.2. The van der Waals surface area contributed by atoms with Crippen LogP contribution in [0.5, 0.6) is 0 Å². The lowest BCUT2D eigenvalue weighted by molar-refractivity contribution is -0.116. The van der Waals surface area contributed by atoms with Crippen LogP contribution in [0.15, 0.2) is 23.2 Å². The highest BCUT2D eigenvalue weighted by atomic mass is 127. The number of rotatable bonds is 5. The van der Waals surface area contributed by atoms with E-state index in [1.807, 2.05) is 24.8 Å². The molecule has 1 amide bonds. The summed E-state index contributed by atoms with van der Waals surface area (Å²) >= 11 is 6.14. The van der Waals surface area contributed by atoms with Gasteiger partial charge in [-0.3, -0.25) is 9.79 Å². The van der Waals surface area contributed by atoms with Crippen molar-refractivity contribution in [1.29, 1.82) is 0 Å². The summed E-state index contributed by atoms with van der Waals surface area (Å²) in [6, 6.07) is 5.46. The van der Waals surface area contributed by atoms with Gasteiger partial charge in [-0.05, 0) is 45.4 Å². The molecule has 1 fully saturated rings. The number of hydrogen-bond donors (Lipinski definition) is 2. The molecule has 1 aliphatic heterocycles. The van der Waals surface area contributed by atoms with E-state index in [4.69, 9.17) is 11.6 Å². The van der Waals surface area contributed by atoms with Gasteiger partial charge in [-0.2, -0.15) is 0 Å². The molecule has 0 unspecified atom stereocenters. The van der Waals surface area contributed by atoms with Crippen LogP contribution in [-0.4, -0.2) is 61.9 Å². The van der Waals surface area contributed by atoms with Crippen molar-refractivity contribution in [3.05, 3.63) is 28.8 Å². The van der Waals surface area contributed by atoms with Crippen molar-refractivity contribution in [2.75, 3.05) is 37.2 Å². The van der Waals surface area contributed by atoms with Gasteiger partial charge in [0, 0.05) is 26.1 Å². The van der Waals surface area contributed by atoms with Crippen LogP contribution in [0.25, 0.3) is 0 Å². The molecular weight excluding hydrogens is 527 g/mol. The number of carbonyl (C=O) groups is 1. The van der Waals surface area contributed by atoms with Gasteiger partial charge in [-0.1, -0.05) is 17.7 Å². The van der Waals surface area contributed by atoms with Crippen LogP contribution in [0.4, 0.5) is 5.69 Å². The first-order valence-electron chi connectivity index (χ1n) is 9.37. The second kappa shape index (κ2) is 10.8. The summed E-state index contributed by atoms with van der Waals surface area (Å²) in [6.45, 7) is 9.06. The normalized spacial score (nSPS) is 18.0. The highest BCUT2D eigenvalue weighted by molar-refractivity contribution is 14.0. The van der Waals surface area contributed by atoms with Crippen molar-refractivity contribution < 1.29 is 13.2 Å². The lowest BCUT2D eigenvalue weighted by Gasteiger charge is -2.39. The topological polar surface area (TPSA) is 90.9 Å². The molecule has 2 rings (SSSR count). The average Bonchev–Trinajstić information content (AvgIpc) is 2.59. The van der Waals surface area contributed by atoms with Crippen LogP contribution in [0, 0.1) is 6.92 Å². The molecule has 0 radical (unpaired) electrons. The minimum absolute atomic E-state index is 0. The summed E-state index contributed by atoms with van der Waals surface area (Å²) in [5.41, 5.74) is 1.60. The van der Waals surface area contributed by atoms with E-state index in [1.165, 1.54) is 0 Å². The molecule has 0 bridgehead atoms. The SMILES string of the molecule is CCNC(=NCCC(=O)Nc1ccc(C)cc1Cl)N1CCS(=O)(=O)C(C)(C)C1.I. The number of aryl methyl sites for hydroxylation is 1. The molecule has 0 atom stereocenters. The molecule has 1 aromatic carbocycles. The predicted octanol–water partition coefficient (Wildman–Crippen LogP) is 3.07. The number of guanidine groups is 1. The van der Waals surface area contributed by atoms with E-state index in [9.17, 15) is 13.2 Å². The quantitative estimate of drug-likeness (QED) is 0.331. The predicted molar refractivity (Wildman–Crippen MR) is 130 cm³/mol. The lowest BCUT2D eigenvalue weighted by Crippen LogP contribution is -2.57. The van der Waals surface area contributed by atoms with E-state index in [2.05, 4.69) is 15.6 Å². The van der Waals surface area contributed by atoms with E-state index in [0.717, 1.165) is 5.56 Å². The van der Waals surface area contributed by atoms with Gasteiger partial charge in [0.25, 0.3) is 0 Å². The minimum Gasteiger partial charge on any atom is -0.357 e. The number of benzene rings is 1. The fourth-order valence-electron chi connectivity index (χ4n) is 2.95. The molecule has 29 heavy (non-hydrogen) atoms. The molecule has 0 spiro atoms. The Morgan fingerprint density at radius 3 is 2.62 bits per heavy atom. The maximum Gasteiger partial charge on any atom is 0.226 e. The maximum atomic E-state index is 12.2. The van der Waals surface area contributed by atoms with E-state index < -0.39 is 14.6 Å². The zero-order valence-corrected chi connectivity index (χ0v) is 21.2. The summed E-state index contributed by atoms with van der Waals surface area (Å²) in [4.78, 5) is 18.7. The number of carbonyl (C=O) groups excluding carboxylic acids is 1. The van der Waals surface area contributed by atoms with Gasteiger partial charge >= 0.3 is 0 Å². The molecule has 164 valence electrons. The van der Waals surface area contributed by atoms with Crippen LogP contribution >= 0.6 is 35.6 Å². The Hall–Kier alpha value is -1.07. The molecule has 0 aliphatic carbocycles. The molecule has 0 aromatic heterocycles. The van der Waals surface area contributed by atoms with Crippen LogP contribution in [0.3, 0.4) is 0 Å². The second-order valence-electron chi connectivity index (χ2n) is 7.52. The summed E-state index contributed by atoms with van der Waals surface area (Å²) in [5, 5.41) is 6.48. The van der Waals surface area contributed by atoms with Gasteiger partial charge in [0.2, 0.25) is 5.91 Å². The Bertz CT molecular complexity index is 859. The Labute approximate surface area is 195 Å². The summed E-state index contributed by atoms with van der Waals surface area (Å²) in [5.74, 6) is 0.551. The number of nitrogens with one attached hydrogen (secondary N) is 2. The number of nitrogens with zero attached hydrogens (tertiary/aromatic N) is 2. The highest BCUT2D eigenvalue weighted by Gasteiger charge is 2.40. The van der Waals surface area contributed by atoms with Gasteiger partial charge in [0.05, 0.1) is 27.8 Å². The van der Waals surface area contributed by atoms with Crippen molar-refractivity contribution in [2.24, 2.45) is 4.99 Å². The highest BCUT2D eigenvalue weighted by Crippen LogP contribution is 2.24. The van der Waals surface area contributed by atoms with Crippen molar-refractivity contribution in [1.82, 2.24) is 10.2 Å². The summed E-state index contributed by atoms with van der Waals surface area (Å²) in [6.07, 6.45) is 0.203. The second-order valence-corrected chi connectivity index (χ2v) is 10.7. The van der Waals surface area contributed by atoms with Crippen LogP contribution in [-0.2, 0) is 14.6 Å². The number of sulfone groups is 1. The van der Waals surface area contributed by atoms with Crippen molar-refractivity contribution >= 4 is 63.0 Å². The fraction of sp³-hybridized carbons (Fsp3) is 0.579. The smallest absolute Gasteiger partial charge is 0.226 e. The Balaban J connectivity index is 0.00000420. The molecule has 1 aliphatic rings. The van der Waals surface area contributed by atoms with E-state index in [-0.39, 0.29) is 42.1 Å². The molecule has 0 saturated carbocycles. The zero-order valence-electron chi connectivity index (χ0n) is 17.3. The van der Waals surface area contributed by atoms with Gasteiger partial charge in [0.1, 0.15) is 0 Å². The third-order valence-electron chi connectivity index (χ3n) is 4.68. The first-order valence-corrected chi connectivity index (χ1v) is 11.4. The van der Waals surface area contributed by atoms with Crippen LogP contribution in [0.2, 0.25) is 5.02 Å². The Kier molecular flexibility index (Phi) is 9.68. The number of aliphatic imine (C=N–C) groups is 1. The van der Waals surface area contributed by atoms with E-state index >= 15 is 0 Å².